The number of benzene rings is 1. The van der Waals surface area contributed by atoms with Gasteiger partial charge in [0.25, 0.3) is 0 Å². The Labute approximate surface area is 131 Å². The van der Waals surface area contributed by atoms with Gasteiger partial charge in [-0.2, -0.15) is 0 Å². The van der Waals surface area contributed by atoms with Crippen molar-refractivity contribution >= 4 is 44.1 Å². The molecule has 0 bridgehead atoms. The Morgan fingerprint density at radius 1 is 1.32 bits per heavy atom. The molecule has 4 aromatic rings. The molecule has 0 unspecified atom stereocenters. The van der Waals surface area contributed by atoms with Crippen LogP contribution in [0, 0.1) is 10.1 Å². The maximum atomic E-state index is 11.1. The monoisotopic (exact) mass is 332 g/mol. The van der Waals surface area contributed by atoms with Crippen LogP contribution in [0.15, 0.2) is 40.8 Å². The molecule has 0 fully saturated rings. The number of aryl methyl sites for hydroxylation is 1. The number of nitro groups is 1. The van der Waals surface area contributed by atoms with Gasteiger partial charge in [0, 0.05) is 7.05 Å². The number of hydrogen-bond donors (Lipinski definition) is 0. The smallest absolute Gasteiger partial charge is 0.358 e. The number of fused-ring (bicyclic) bond motifs is 3. The van der Waals surface area contributed by atoms with Crippen LogP contribution >= 0.6 is 23.1 Å². The van der Waals surface area contributed by atoms with Crippen molar-refractivity contribution in [3.63, 3.8) is 0 Å². The van der Waals surface area contributed by atoms with Crippen LogP contribution in [0.2, 0.25) is 0 Å². The van der Waals surface area contributed by atoms with E-state index in [0.717, 1.165) is 15.2 Å². The Hall–Kier alpha value is -2.46. The molecule has 0 amide bonds. The average Bonchev–Trinajstić information content (AvgIpc) is 3.15. The number of para-hydroxylation sites is 1. The summed E-state index contributed by atoms with van der Waals surface area (Å²) in [5, 5.41) is 20.4. The van der Waals surface area contributed by atoms with Gasteiger partial charge in [0.15, 0.2) is 5.03 Å². The normalized spacial score (nSPS) is 11.5. The van der Waals surface area contributed by atoms with E-state index in [-0.39, 0.29) is 5.82 Å². The molecule has 0 aliphatic heterocycles. The Morgan fingerprint density at radius 3 is 2.95 bits per heavy atom. The highest BCUT2D eigenvalue weighted by Crippen LogP contribution is 2.35. The molecular formula is C12H8N6O2S2. The number of nitrogens with zero attached hydrogens (tertiary/aromatic N) is 6. The number of hydrogen-bond acceptors (Lipinski definition) is 7. The molecule has 0 N–H and O–H groups in total. The lowest BCUT2D eigenvalue weighted by atomic mass is 10.3. The lowest BCUT2D eigenvalue weighted by Crippen LogP contribution is -1.95. The number of thiazole rings is 1. The Balaban J connectivity index is 1.89. The van der Waals surface area contributed by atoms with Crippen LogP contribution < -0.4 is 0 Å². The first kappa shape index (κ1) is 13.2. The molecule has 3 aromatic heterocycles. The third kappa shape index (κ3) is 1.88. The fourth-order valence-electron chi connectivity index (χ4n) is 2.16. The summed E-state index contributed by atoms with van der Waals surface area (Å²) in [7, 11) is 1.71. The minimum Gasteiger partial charge on any atom is -0.358 e. The lowest BCUT2D eigenvalue weighted by molar-refractivity contribution is -0.392. The zero-order valence-electron chi connectivity index (χ0n) is 11.2. The van der Waals surface area contributed by atoms with Crippen molar-refractivity contribution in [3.8, 4) is 0 Å². The van der Waals surface area contributed by atoms with Crippen molar-refractivity contribution in [2.24, 2.45) is 7.05 Å². The van der Waals surface area contributed by atoms with Crippen LogP contribution in [0.25, 0.3) is 15.2 Å². The van der Waals surface area contributed by atoms with Gasteiger partial charge in [0.05, 0.1) is 10.2 Å². The standard InChI is InChI=1S/C12H8N6O2S2/c1-16-6-13-9(18(19)20)10(16)22-12-15-14-11-17(12)7-4-2-3-5-8(7)21-11/h2-6H,1H3. The zero-order valence-corrected chi connectivity index (χ0v) is 12.8. The molecule has 4 rings (SSSR count). The molecule has 8 nitrogen and oxygen atoms in total. The molecule has 0 atom stereocenters. The molecule has 0 radical (unpaired) electrons. The summed E-state index contributed by atoms with van der Waals surface area (Å²) in [6, 6.07) is 7.89. The van der Waals surface area contributed by atoms with Crippen LogP contribution in [0.5, 0.6) is 0 Å². The van der Waals surface area contributed by atoms with E-state index in [1.54, 1.807) is 11.6 Å². The third-order valence-corrected chi connectivity index (χ3v) is 5.26. The molecule has 1 aromatic carbocycles. The summed E-state index contributed by atoms with van der Waals surface area (Å²) in [4.78, 5) is 15.1. The van der Waals surface area contributed by atoms with E-state index in [9.17, 15) is 10.1 Å². The van der Waals surface area contributed by atoms with E-state index >= 15 is 0 Å². The predicted molar refractivity (Wildman–Crippen MR) is 82.4 cm³/mol. The number of rotatable bonds is 3. The Morgan fingerprint density at radius 2 is 2.14 bits per heavy atom. The van der Waals surface area contributed by atoms with Gasteiger partial charge < -0.3 is 14.7 Å². The summed E-state index contributed by atoms with van der Waals surface area (Å²) in [5.74, 6) is -0.177. The molecular weight excluding hydrogens is 324 g/mol. The summed E-state index contributed by atoms with van der Waals surface area (Å²) >= 11 is 2.72. The highest BCUT2D eigenvalue weighted by molar-refractivity contribution is 7.99. The maximum Gasteiger partial charge on any atom is 0.396 e. The van der Waals surface area contributed by atoms with Crippen molar-refractivity contribution in [2.75, 3.05) is 0 Å². The van der Waals surface area contributed by atoms with Gasteiger partial charge in [-0.05, 0) is 33.8 Å². The Bertz CT molecular complexity index is 1020. The first-order chi connectivity index (χ1) is 10.6. The average molecular weight is 332 g/mol. The second-order valence-electron chi connectivity index (χ2n) is 4.51. The molecule has 0 saturated heterocycles. The van der Waals surface area contributed by atoms with Crippen molar-refractivity contribution in [1.29, 1.82) is 0 Å². The highest BCUT2D eigenvalue weighted by atomic mass is 32.2. The Kier molecular flexibility index (Phi) is 2.87. The largest absolute Gasteiger partial charge is 0.396 e. The number of imidazole rings is 1. The molecule has 3 heterocycles. The molecule has 0 aliphatic carbocycles. The summed E-state index contributed by atoms with van der Waals surface area (Å²) < 4.78 is 4.61. The van der Waals surface area contributed by atoms with E-state index in [1.807, 2.05) is 28.7 Å². The van der Waals surface area contributed by atoms with Crippen LogP contribution in [0.1, 0.15) is 0 Å². The second kappa shape index (κ2) is 4.78. The van der Waals surface area contributed by atoms with Gasteiger partial charge in [-0.25, -0.2) is 0 Å². The summed E-state index contributed by atoms with van der Waals surface area (Å²) in [6.07, 6.45) is 1.42. The van der Waals surface area contributed by atoms with Gasteiger partial charge >= 0.3 is 5.82 Å². The van der Waals surface area contributed by atoms with Gasteiger partial charge in [0.2, 0.25) is 16.4 Å². The van der Waals surface area contributed by atoms with Crippen molar-refractivity contribution in [2.45, 2.75) is 10.2 Å². The van der Waals surface area contributed by atoms with E-state index in [0.29, 0.717) is 10.2 Å². The SMILES string of the molecule is Cn1cnc([N+](=O)[O-])c1Sc1nnc2sc3ccccc3n12. The molecule has 22 heavy (non-hydrogen) atoms. The molecule has 10 heteroatoms. The van der Waals surface area contributed by atoms with E-state index in [4.69, 9.17) is 0 Å². The molecule has 0 saturated carbocycles. The maximum absolute atomic E-state index is 11.1. The van der Waals surface area contributed by atoms with Gasteiger partial charge in [-0.3, -0.25) is 4.40 Å². The topological polar surface area (TPSA) is 91.1 Å². The summed E-state index contributed by atoms with van der Waals surface area (Å²) in [6.45, 7) is 0. The van der Waals surface area contributed by atoms with E-state index in [2.05, 4.69) is 15.2 Å². The second-order valence-corrected chi connectivity index (χ2v) is 6.48. The van der Waals surface area contributed by atoms with Crippen molar-refractivity contribution < 1.29 is 4.92 Å². The number of aromatic nitrogens is 5. The highest BCUT2D eigenvalue weighted by Gasteiger charge is 2.24. The van der Waals surface area contributed by atoms with Gasteiger partial charge in [0.1, 0.15) is 0 Å². The van der Waals surface area contributed by atoms with E-state index in [1.165, 1.54) is 29.4 Å². The molecule has 110 valence electrons. The van der Waals surface area contributed by atoms with Crippen LogP contribution in [0.3, 0.4) is 0 Å². The fourth-order valence-corrected chi connectivity index (χ4v) is 4.12. The van der Waals surface area contributed by atoms with Crippen LogP contribution in [-0.4, -0.2) is 29.1 Å². The minimum atomic E-state index is -0.494. The third-order valence-electron chi connectivity index (χ3n) is 3.14. The van der Waals surface area contributed by atoms with Gasteiger partial charge in [-0.15, -0.1) is 10.2 Å². The quantitative estimate of drug-likeness (QED) is 0.423. The fraction of sp³-hybridized carbons (Fsp3) is 0.0833. The predicted octanol–water partition coefficient (Wildman–Crippen LogP) is 2.74. The van der Waals surface area contributed by atoms with Crippen molar-refractivity contribution in [1.82, 2.24) is 24.1 Å². The van der Waals surface area contributed by atoms with Crippen LogP contribution in [-0.2, 0) is 7.05 Å². The molecule has 0 spiro atoms. The van der Waals surface area contributed by atoms with Gasteiger partial charge in [-0.1, -0.05) is 23.5 Å². The van der Waals surface area contributed by atoms with E-state index < -0.39 is 4.92 Å². The summed E-state index contributed by atoms with van der Waals surface area (Å²) in [5.41, 5.74) is 0.986. The van der Waals surface area contributed by atoms with Crippen molar-refractivity contribution in [3.05, 3.63) is 40.7 Å². The zero-order chi connectivity index (χ0) is 15.3. The molecule has 0 aliphatic rings. The van der Waals surface area contributed by atoms with Crippen LogP contribution in [0.4, 0.5) is 5.82 Å². The minimum absolute atomic E-state index is 0.177. The lowest BCUT2D eigenvalue weighted by Gasteiger charge is -2.00. The first-order valence-corrected chi connectivity index (χ1v) is 7.84. The first-order valence-electron chi connectivity index (χ1n) is 6.21.